The predicted octanol–water partition coefficient (Wildman–Crippen LogP) is 5.59. The fourth-order valence-electron chi connectivity index (χ4n) is 2.22. The van der Waals surface area contributed by atoms with E-state index in [0.29, 0.717) is 6.61 Å². The Balaban J connectivity index is 2.39. The second kappa shape index (κ2) is 9.21. The molecule has 0 fully saturated rings. The molecule has 0 heterocycles. The summed E-state index contributed by atoms with van der Waals surface area (Å²) in [5.41, 5.74) is 0.194. The second-order valence-electron chi connectivity index (χ2n) is 7.21. The third-order valence-corrected chi connectivity index (χ3v) is 9.03. The lowest BCUT2D eigenvalue weighted by Crippen LogP contribution is -2.34. The summed E-state index contributed by atoms with van der Waals surface area (Å²) >= 11 is 8.03. The maximum absolute atomic E-state index is 13.8. The van der Waals surface area contributed by atoms with Crippen molar-refractivity contribution in [3.63, 3.8) is 0 Å². The van der Waals surface area contributed by atoms with E-state index >= 15 is 0 Å². The van der Waals surface area contributed by atoms with Gasteiger partial charge >= 0.3 is 0 Å². The monoisotopic (exact) mass is 541 g/mol. The van der Waals surface area contributed by atoms with Crippen LogP contribution < -0.4 is 4.31 Å². The van der Waals surface area contributed by atoms with Crippen LogP contribution in [0.4, 0.5) is 10.1 Å². The Bertz CT molecular complexity index is 891. The van der Waals surface area contributed by atoms with Crippen LogP contribution in [-0.4, -0.2) is 29.8 Å². The van der Waals surface area contributed by atoms with Crippen LogP contribution in [0.2, 0.25) is 30.7 Å². The highest BCUT2D eigenvalue weighted by atomic mass is 127. The van der Waals surface area contributed by atoms with Gasteiger partial charge in [-0.15, -0.1) is 0 Å². The van der Waals surface area contributed by atoms with Gasteiger partial charge < -0.3 is 4.74 Å². The highest BCUT2D eigenvalue weighted by molar-refractivity contribution is 14.1. The molecule has 4 nitrogen and oxygen atoms in total. The van der Waals surface area contributed by atoms with Crippen LogP contribution >= 0.6 is 34.2 Å². The van der Waals surface area contributed by atoms with Crippen molar-refractivity contribution in [1.82, 2.24) is 0 Å². The first-order chi connectivity index (χ1) is 12.5. The molecule has 0 saturated heterocycles. The zero-order chi connectivity index (χ0) is 20.2. The molecule has 0 amide bonds. The summed E-state index contributed by atoms with van der Waals surface area (Å²) in [7, 11) is -5.23. The predicted molar refractivity (Wildman–Crippen MR) is 119 cm³/mol. The third-order valence-electron chi connectivity index (χ3n) is 3.82. The molecular weight excluding hydrogens is 520 g/mol. The Labute approximate surface area is 179 Å². The van der Waals surface area contributed by atoms with Crippen LogP contribution in [0.5, 0.6) is 0 Å². The number of benzene rings is 2. The topological polar surface area (TPSA) is 46.6 Å². The van der Waals surface area contributed by atoms with Crippen molar-refractivity contribution in [3.05, 3.63) is 56.9 Å². The molecule has 0 aliphatic rings. The maximum Gasteiger partial charge on any atom is 0.266 e. The van der Waals surface area contributed by atoms with E-state index in [1.54, 1.807) is 40.8 Å². The van der Waals surface area contributed by atoms with Gasteiger partial charge in [-0.2, -0.15) is 0 Å². The van der Waals surface area contributed by atoms with Crippen molar-refractivity contribution in [2.24, 2.45) is 0 Å². The Morgan fingerprint density at radius 1 is 1.15 bits per heavy atom. The van der Waals surface area contributed by atoms with Crippen LogP contribution in [0.15, 0.2) is 47.4 Å². The van der Waals surface area contributed by atoms with E-state index in [1.807, 2.05) is 0 Å². The number of halogens is 3. The molecule has 0 aromatic heterocycles. The summed E-state index contributed by atoms with van der Waals surface area (Å²) in [5, 5.41) is 0.0453. The van der Waals surface area contributed by atoms with E-state index < -0.39 is 23.9 Å². The zero-order valence-electron chi connectivity index (χ0n) is 15.4. The Morgan fingerprint density at radius 2 is 1.78 bits per heavy atom. The lowest BCUT2D eigenvalue weighted by atomic mass is 10.3. The first kappa shape index (κ1) is 22.6. The smallest absolute Gasteiger partial charge is 0.266 e. The van der Waals surface area contributed by atoms with Gasteiger partial charge in [0.2, 0.25) is 0 Å². The van der Waals surface area contributed by atoms with Crippen molar-refractivity contribution in [3.8, 4) is 0 Å². The summed E-state index contributed by atoms with van der Waals surface area (Å²) in [5.74, 6) is -0.499. The molecule has 0 bridgehead atoms. The van der Waals surface area contributed by atoms with Gasteiger partial charge in [0.1, 0.15) is 12.5 Å². The van der Waals surface area contributed by atoms with Crippen molar-refractivity contribution >= 4 is 58.0 Å². The third kappa shape index (κ3) is 5.90. The molecule has 0 aliphatic carbocycles. The number of anilines is 1. The van der Waals surface area contributed by atoms with E-state index in [0.717, 1.165) is 10.3 Å². The van der Waals surface area contributed by atoms with Crippen LogP contribution in [0, 0.1) is 9.39 Å². The van der Waals surface area contributed by atoms with E-state index in [4.69, 9.17) is 16.3 Å². The van der Waals surface area contributed by atoms with Gasteiger partial charge in [0, 0.05) is 14.7 Å². The highest BCUT2D eigenvalue weighted by Gasteiger charge is 2.28. The van der Waals surface area contributed by atoms with Crippen LogP contribution in [0.1, 0.15) is 0 Å². The number of ether oxygens (including phenoxy) is 1. The van der Waals surface area contributed by atoms with Crippen molar-refractivity contribution in [1.29, 1.82) is 0 Å². The molecular formula is C18H22ClFINO3SSi. The van der Waals surface area contributed by atoms with E-state index in [9.17, 15) is 12.8 Å². The van der Waals surface area contributed by atoms with Gasteiger partial charge in [0.25, 0.3) is 10.0 Å². The molecule has 0 unspecified atom stereocenters. The first-order valence-corrected chi connectivity index (χ1v) is 14.9. The SMILES string of the molecule is C[Si](C)(C)CCOCN(c1ccc(F)c(I)c1Cl)S(=O)(=O)c1ccccc1. The minimum atomic E-state index is -3.91. The Kier molecular flexibility index (Phi) is 7.71. The summed E-state index contributed by atoms with van der Waals surface area (Å²) < 4.78 is 47.1. The van der Waals surface area contributed by atoms with Crippen molar-refractivity contribution in [2.45, 2.75) is 30.6 Å². The standard InChI is InChI=1S/C18H22ClFINO3SSi/c1-27(2,3)12-11-25-13-22(16-10-9-15(20)18(21)17(16)19)26(23,24)14-7-5-4-6-8-14/h4-10H,11-13H2,1-3H3. The lowest BCUT2D eigenvalue weighted by Gasteiger charge is -2.26. The maximum atomic E-state index is 13.8. The van der Waals surface area contributed by atoms with Gasteiger partial charge in [0.15, 0.2) is 0 Å². The number of hydrogen-bond acceptors (Lipinski definition) is 3. The molecule has 148 valence electrons. The highest BCUT2D eigenvalue weighted by Crippen LogP contribution is 2.35. The molecule has 9 heteroatoms. The number of sulfonamides is 1. The molecule has 0 aliphatic heterocycles. The summed E-state index contributed by atoms with van der Waals surface area (Å²) in [4.78, 5) is 0.120. The van der Waals surface area contributed by atoms with Crippen LogP contribution in [0.25, 0.3) is 0 Å². The Hall–Kier alpha value is -0.683. The largest absolute Gasteiger partial charge is 0.360 e. The first-order valence-electron chi connectivity index (χ1n) is 8.33. The number of rotatable bonds is 8. The van der Waals surface area contributed by atoms with E-state index in [2.05, 4.69) is 19.6 Å². The van der Waals surface area contributed by atoms with Crippen molar-refractivity contribution in [2.75, 3.05) is 17.6 Å². The molecule has 0 saturated carbocycles. The minimum absolute atomic E-state index is 0.0453. The molecule has 27 heavy (non-hydrogen) atoms. The molecule has 2 rings (SSSR count). The van der Waals surface area contributed by atoms with Gasteiger partial charge in [-0.25, -0.2) is 17.1 Å². The van der Waals surface area contributed by atoms with Gasteiger partial charge in [0.05, 0.1) is 19.2 Å². The number of hydrogen-bond donors (Lipinski definition) is 0. The van der Waals surface area contributed by atoms with Crippen LogP contribution in [0.3, 0.4) is 0 Å². The average molecular weight is 542 g/mol. The summed E-state index contributed by atoms with van der Waals surface area (Å²) in [6, 6.07) is 11.5. The molecule has 2 aromatic carbocycles. The molecule has 0 atom stereocenters. The lowest BCUT2D eigenvalue weighted by molar-refractivity contribution is 0.156. The summed E-state index contributed by atoms with van der Waals surface area (Å²) in [6.07, 6.45) is 0. The Morgan fingerprint density at radius 3 is 2.37 bits per heavy atom. The van der Waals surface area contributed by atoms with Gasteiger partial charge in [-0.05, 0) is 52.9 Å². The van der Waals surface area contributed by atoms with E-state index in [-0.39, 0.29) is 25.9 Å². The molecule has 0 N–H and O–H groups in total. The summed E-state index contributed by atoms with van der Waals surface area (Å²) in [6.45, 7) is 6.91. The van der Waals surface area contributed by atoms with Gasteiger partial charge in [-0.1, -0.05) is 49.4 Å². The minimum Gasteiger partial charge on any atom is -0.360 e. The number of nitrogens with zero attached hydrogens (tertiary/aromatic N) is 1. The normalized spacial score (nSPS) is 12.2. The van der Waals surface area contributed by atoms with Gasteiger partial charge in [-0.3, -0.25) is 0 Å². The van der Waals surface area contributed by atoms with Crippen molar-refractivity contribution < 1.29 is 17.5 Å². The quantitative estimate of drug-likeness (QED) is 0.144. The fraction of sp³-hybridized carbons (Fsp3) is 0.333. The van der Waals surface area contributed by atoms with E-state index in [1.165, 1.54) is 24.3 Å². The second-order valence-corrected chi connectivity index (χ2v) is 16.1. The molecule has 2 aromatic rings. The fourth-order valence-corrected chi connectivity index (χ4v) is 5.12. The molecule has 0 spiro atoms. The van der Waals surface area contributed by atoms with Crippen LogP contribution in [-0.2, 0) is 14.8 Å². The molecule has 0 radical (unpaired) electrons. The zero-order valence-corrected chi connectivity index (χ0v) is 20.1. The average Bonchev–Trinajstić information content (AvgIpc) is 2.60.